The van der Waals surface area contributed by atoms with Crippen molar-refractivity contribution in [2.45, 2.75) is 13.5 Å². The van der Waals surface area contributed by atoms with E-state index in [1.165, 1.54) is 23.3 Å². The van der Waals surface area contributed by atoms with E-state index in [-0.39, 0.29) is 36.2 Å². The topological polar surface area (TPSA) is 113 Å². The van der Waals surface area contributed by atoms with E-state index < -0.39 is 5.97 Å². The van der Waals surface area contributed by atoms with Crippen LogP contribution in [0.15, 0.2) is 41.3 Å². The summed E-state index contributed by atoms with van der Waals surface area (Å²) in [4.78, 5) is 31.6. The quantitative estimate of drug-likeness (QED) is 0.489. The van der Waals surface area contributed by atoms with E-state index in [4.69, 9.17) is 9.26 Å². The Labute approximate surface area is 136 Å². The number of pyridine rings is 1. The molecule has 0 unspecified atom stereocenters. The highest BCUT2D eigenvalue weighted by Crippen LogP contribution is 2.08. The van der Waals surface area contributed by atoms with E-state index in [0.717, 1.165) is 0 Å². The fourth-order valence-electron chi connectivity index (χ4n) is 1.94. The lowest BCUT2D eigenvalue weighted by Gasteiger charge is -1.96. The standard InChI is InChI=1S/C15H13N5O4/c1-2-23-15(22)12-7-10(19-24-12)8-20-9-17-14(18-20)13(21)11-5-3-4-6-16-11/h3-7,9H,2,8H2,1H3. The predicted molar refractivity (Wildman–Crippen MR) is 79.3 cm³/mol. The van der Waals surface area contributed by atoms with E-state index in [1.807, 2.05) is 0 Å². The van der Waals surface area contributed by atoms with Crippen molar-refractivity contribution in [2.75, 3.05) is 6.61 Å². The van der Waals surface area contributed by atoms with Crippen molar-refractivity contribution >= 4 is 11.8 Å². The van der Waals surface area contributed by atoms with Gasteiger partial charge in [0.2, 0.25) is 17.4 Å². The number of nitrogens with zero attached hydrogens (tertiary/aromatic N) is 5. The second-order valence-corrected chi connectivity index (χ2v) is 4.71. The number of hydrogen-bond acceptors (Lipinski definition) is 8. The number of rotatable bonds is 6. The number of aromatic nitrogens is 5. The summed E-state index contributed by atoms with van der Waals surface area (Å²) in [6.45, 7) is 2.15. The van der Waals surface area contributed by atoms with Crippen molar-refractivity contribution in [3.63, 3.8) is 0 Å². The molecular formula is C15H13N5O4. The summed E-state index contributed by atoms with van der Waals surface area (Å²) in [5, 5.41) is 7.86. The minimum atomic E-state index is -0.583. The van der Waals surface area contributed by atoms with Gasteiger partial charge in [-0.25, -0.2) is 14.5 Å². The van der Waals surface area contributed by atoms with Crippen LogP contribution in [0.4, 0.5) is 0 Å². The Kier molecular flexibility index (Phi) is 4.41. The lowest BCUT2D eigenvalue weighted by atomic mass is 10.2. The average Bonchev–Trinajstić information content (AvgIpc) is 3.25. The molecule has 0 radical (unpaired) electrons. The van der Waals surface area contributed by atoms with Gasteiger partial charge < -0.3 is 9.26 Å². The number of ether oxygens (including phenoxy) is 1. The molecule has 0 saturated heterocycles. The number of esters is 1. The normalized spacial score (nSPS) is 10.5. The second kappa shape index (κ2) is 6.82. The van der Waals surface area contributed by atoms with Gasteiger partial charge in [0, 0.05) is 12.3 Å². The van der Waals surface area contributed by atoms with Crippen LogP contribution in [0, 0.1) is 0 Å². The smallest absolute Gasteiger partial charge is 0.377 e. The minimum absolute atomic E-state index is 0.0109. The minimum Gasteiger partial charge on any atom is -0.460 e. The van der Waals surface area contributed by atoms with E-state index in [0.29, 0.717) is 5.69 Å². The van der Waals surface area contributed by atoms with Crippen LogP contribution in [0.5, 0.6) is 0 Å². The third-order valence-electron chi connectivity index (χ3n) is 3.00. The van der Waals surface area contributed by atoms with E-state index >= 15 is 0 Å². The molecule has 0 bridgehead atoms. The van der Waals surface area contributed by atoms with Crippen LogP contribution in [0.3, 0.4) is 0 Å². The summed E-state index contributed by atoms with van der Waals surface area (Å²) in [7, 11) is 0. The van der Waals surface area contributed by atoms with Crippen molar-refractivity contribution in [1.29, 1.82) is 0 Å². The third-order valence-corrected chi connectivity index (χ3v) is 3.00. The first-order chi connectivity index (χ1) is 11.7. The first-order valence-corrected chi connectivity index (χ1v) is 7.15. The van der Waals surface area contributed by atoms with Crippen molar-refractivity contribution in [3.05, 3.63) is 59.8 Å². The van der Waals surface area contributed by atoms with Gasteiger partial charge in [0.1, 0.15) is 17.7 Å². The zero-order chi connectivity index (χ0) is 16.9. The summed E-state index contributed by atoms with van der Waals surface area (Å²) in [6, 6.07) is 6.48. The Bertz CT molecular complexity index is 856. The molecule has 9 nitrogen and oxygen atoms in total. The largest absolute Gasteiger partial charge is 0.460 e. The van der Waals surface area contributed by atoms with E-state index in [2.05, 4.69) is 20.2 Å². The monoisotopic (exact) mass is 327 g/mol. The van der Waals surface area contributed by atoms with Crippen LogP contribution in [-0.4, -0.2) is 43.3 Å². The van der Waals surface area contributed by atoms with Gasteiger partial charge in [-0.2, -0.15) is 0 Å². The molecule has 0 aliphatic heterocycles. The average molecular weight is 327 g/mol. The van der Waals surface area contributed by atoms with Gasteiger partial charge in [0.25, 0.3) is 0 Å². The highest BCUT2D eigenvalue weighted by Gasteiger charge is 2.17. The summed E-state index contributed by atoms with van der Waals surface area (Å²) >= 11 is 0. The molecule has 0 amide bonds. The van der Waals surface area contributed by atoms with Crippen LogP contribution in [0.2, 0.25) is 0 Å². The van der Waals surface area contributed by atoms with E-state index in [1.54, 1.807) is 25.1 Å². The molecule has 3 aromatic heterocycles. The SMILES string of the molecule is CCOC(=O)c1cc(Cn2cnc(C(=O)c3ccccn3)n2)no1. The maximum atomic E-state index is 12.2. The van der Waals surface area contributed by atoms with Crippen LogP contribution in [0.25, 0.3) is 0 Å². The lowest BCUT2D eigenvalue weighted by Crippen LogP contribution is -2.08. The molecule has 0 saturated carbocycles. The summed E-state index contributed by atoms with van der Waals surface area (Å²) < 4.78 is 11.1. The Balaban J connectivity index is 1.70. The number of carbonyl (C=O) groups is 2. The van der Waals surface area contributed by atoms with Gasteiger partial charge in [-0.05, 0) is 19.1 Å². The number of hydrogen-bond donors (Lipinski definition) is 0. The van der Waals surface area contributed by atoms with Crippen molar-refractivity contribution in [1.82, 2.24) is 24.9 Å². The number of carbonyl (C=O) groups excluding carboxylic acids is 2. The predicted octanol–water partition coefficient (Wildman–Crippen LogP) is 1.12. The molecule has 122 valence electrons. The van der Waals surface area contributed by atoms with Gasteiger partial charge in [0.15, 0.2) is 0 Å². The molecule has 0 aliphatic rings. The van der Waals surface area contributed by atoms with Crippen molar-refractivity contribution in [2.24, 2.45) is 0 Å². The lowest BCUT2D eigenvalue weighted by molar-refractivity contribution is 0.0479. The van der Waals surface area contributed by atoms with Crippen LogP contribution < -0.4 is 0 Å². The summed E-state index contributed by atoms with van der Waals surface area (Å²) in [5.74, 6) is -0.915. The molecule has 0 N–H and O–H groups in total. The van der Waals surface area contributed by atoms with Crippen molar-refractivity contribution in [3.8, 4) is 0 Å². The van der Waals surface area contributed by atoms with Gasteiger partial charge in [-0.15, -0.1) is 5.10 Å². The molecule has 3 rings (SSSR count). The van der Waals surface area contributed by atoms with Gasteiger partial charge >= 0.3 is 5.97 Å². The molecule has 0 aliphatic carbocycles. The Morgan fingerprint density at radius 3 is 2.92 bits per heavy atom. The second-order valence-electron chi connectivity index (χ2n) is 4.71. The molecular weight excluding hydrogens is 314 g/mol. The zero-order valence-corrected chi connectivity index (χ0v) is 12.7. The zero-order valence-electron chi connectivity index (χ0n) is 12.7. The molecule has 3 aromatic rings. The van der Waals surface area contributed by atoms with Crippen LogP contribution in [0.1, 0.15) is 39.5 Å². The van der Waals surface area contributed by atoms with Gasteiger partial charge in [0.05, 0.1) is 13.2 Å². The first-order valence-electron chi connectivity index (χ1n) is 7.15. The van der Waals surface area contributed by atoms with E-state index in [9.17, 15) is 9.59 Å². The summed E-state index contributed by atoms with van der Waals surface area (Å²) in [6.07, 6.45) is 2.92. The fourth-order valence-corrected chi connectivity index (χ4v) is 1.94. The van der Waals surface area contributed by atoms with Crippen LogP contribution in [-0.2, 0) is 11.3 Å². The Morgan fingerprint density at radius 2 is 2.17 bits per heavy atom. The molecule has 0 aromatic carbocycles. The number of ketones is 1. The Morgan fingerprint density at radius 1 is 1.29 bits per heavy atom. The maximum Gasteiger partial charge on any atom is 0.377 e. The highest BCUT2D eigenvalue weighted by atomic mass is 16.6. The highest BCUT2D eigenvalue weighted by molar-refractivity contribution is 6.04. The Hall–Kier alpha value is -3.36. The molecule has 3 heterocycles. The maximum absolute atomic E-state index is 12.2. The molecule has 24 heavy (non-hydrogen) atoms. The fraction of sp³-hybridized carbons (Fsp3) is 0.200. The molecule has 0 atom stereocenters. The molecule has 0 fully saturated rings. The van der Waals surface area contributed by atoms with Gasteiger partial charge in [-0.3, -0.25) is 9.78 Å². The molecule has 0 spiro atoms. The van der Waals surface area contributed by atoms with Crippen molar-refractivity contribution < 1.29 is 18.8 Å². The first kappa shape index (κ1) is 15.5. The van der Waals surface area contributed by atoms with Crippen LogP contribution >= 0.6 is 0 Å². The van der Waals surface area contributed by atoms with Gasteiger partial charge in [-0.1, -0.05) is 11.2 Å². The summed E-state index contributed by atoms with van der Waals surface area (Å²) in [5.41, 5.74) is 0.723. The third kappa shape index (κ3) is 3.35. The molecule has 9 heteroatoms.